The van der Waals surface area contributed by atoms with Crippen molar-refractivity contribution in [3.63, 3.8) is 0 Å². The van der Waals surface area contributed by atoms with E-state index in [1.807, 2.05) is 167 Å². The molecular formula is C93H122N10O17S. The molecule has 2 heterocycles. The topological polar surface area (TPSA) is 371 Å². The van der Waals surface area contributed by atoms with Gasteiger partial charge < -0.3 is 81.5 Å². The van der Waals surface area contributed by atoms with Crippen LogP contribution >= 0.6 is 11.8 Å². The van der Waals surface area contributed by atoms with Crippen molar-refractivity contribution in [1.82, 2.24) is 47.0 Å². The quantitative estimate of drug-likeness (QED) is 0.0163. The number of hydrogen-bond donors (Lipinski definition) is 9. The Morgan fingerprint density at radius 2 is 0.967 bits per heavy atom. The number of hydrogen-bond acceptors (Lipinski definition) is 17. The number of carbonyl (C=O) groups is 11. The van der Waals surface area contributed by atoms with Crippen molar-refractivity contribution in [2.24, 2.45) is 11.7 Å². The van der Waals surface area contributed by atoms with Gasteiger partial charge in [0.1, 0.15) is 72.3 Å². The predicted octanol–water partition coefficient (Wildman–Crippen LogP) is 10.2. The zero-order valence-corrected chi connectivity index (χ0v) is 73.1. The lowest BCUT2D eigenvalue weighted by Gasteiger charge is -2.37. The van der Waals surface area contributed by atoms with Gasteiger partial charge in [0, 0.05) is 37.6 Å². The SMILES string of the molecule is CC[C@H](C)[C@H](NC(=O)[C@H](COC(C)(C)C)NC(=O)[C@H](Cc1ccc(OC(C)(C)C)cc1)NC(=O)[C@@H](NC(=O)[C@H](CSC(c1ccccc1)(c1ccccc1)c1ccccc1)NC(=O)[C@H](COC(C)(C)C)NC(=O)OCC1c2ccccc2-c2ccccc21)[C@@H](C)OC(C)(C)C)C(=O)N1CCC[C@H]1C(=O)N1CCC[C@H]1C(=O)N[C@@H](CCC(N)=O)C(=O)O. The number of likely N-dealkylation sites (tertiary alicyclic amines) is 2. The summed E-state index contributed by atoms with van der Waals surface area (Å²) in [6, 6.07) is 39.0. The number of nitrogens with one attached hydrogen (secondary N) is 7. The minimum Gasteiger partial charge on any atom is -0.488 e. The monoisotopic (exact) mass is 1680 g/mol. The van der Waals surface area contributed by atoms with Gasteiger partial charge in [0.25, 0.3) is 0 Å². The van der Waals surface area contributed by atoms with Crippen LogP contribution in [0.15, 0.2) is 164 Å². The summed E-state index contributed by atoms with van der Waals surface area (Å²) in [7, 11) is 0. The molecule has 652 valence electrons. The first kappa shape index (κ1) is 94.2. The Morgan fingerprint density at radius 1 is 0.504 bits per heavy atom. The number of rotatable bonds is 38. The molecule has 2 saturated heterocycles. The first-order chi connectivity index (χ1) is 57.1. The summed E-state index contributed by atoms with van der Waals surface area (Å²) < 4.78 is 30.2. The number of amides is 10. The van der Waals surface area contributed by atoms with Crippen LogP contribution in [0.4, 0.5) is 4.79 Å². The maximum Gasteiger partial charge on any atom is 0.407 e. The van der Waals surface area contributed by atoms with Crippen LogP contribution in [0.3, 0.4) is 0 Å². The highest BCUT2D eigenvalue weighted by Crippen LogP contribution is 2.49. The molecule has 3 aliphatic rings. The van der Waals surface area contributed by atoms with Gasteiger partial charge in [-0.25, -0.2) is 9.59 Å². The molecule has 2 aliphatic heterocycles. The first-order valence-corrected chi connectivity index (χ1v) is 42.7. The van der Waals surface area contributed by atoms with Crippen molar-refractivity contribution in [1.29, 1.82) is 0 Å². The summed E-state index contributed by atoms with van der Waals surface area (Å²) in [6.07, 6.45) is -1.37. The minimum absolute atomic E-state index is 0.0799. The Bertz CT molecular complexity index is 4430. The van der Waals surface area contributed by atoms with Crippen molar-refractivity contribution in [3.05, 3.63) is 197 Å². The Kier molecular flexibility index (Phi) is 32.5. The van der Waals surface area contributed by atoms with Gasteiger partial charge in [0.2, 0.25) is 53.2 Å². The summed E-state index contributed by atoms with van der Waals surface area (Å²) in [5.41, 5.74) is 8.94. The second-order valence-corrected chi connectivity index (χ2v) is 36.5. The molecule has 6 aromatic carbocycles. The van der Waals surface area contributed by atoms with Crippen molar-refractivity contribution < 1.29 is 81.5 Å². The van der Waals surface area contributed by atoms with E-state index in [0.717, 1.165) is 38.9 Å². The van der Waals surface area contributed by atoms with Crippen molar-refractivity contribution in [2.45, 2.75) is 249 Å². The third-order valence-electron chi connectivity index (χ3n) is 21.3. The largest absolute Gasteiger partial charge is 0.488 e. The number of fused-ring (bicyclic) bond motifs is 3. The van der Waals surface area contributed by atoms with E-state index in [2.05, 4.69) is 37.2 Å². The number of nitrogens with zero attached hydrogens (tertiary/aromatic N) is 2. The fourth-order valence-electron chi connectivity index (χ4n) is 15.3. The van der Waals surface area contributed by atoms with E-state index >= 15 is 28.8 Å². The third-order valence-corrected chi connectivity index (χ3v) is 23.0. The lowest BCUT2D eigenvalue weighted by Crippen LogP contribution is -2.63. The summed E-state index contributed by atoms with van der Waals surface area (Å²) in [5.74, 6) is -9.00. The second kappa shape index (κ2) is 41.7. The number of primary amides is 1. The van der Waals surface area contributed by atoms with E-state index in [4.69, 9.17) is 29.4 Å². The van der Waals surface area contributed by atoms with E-state index < -0.39 is 165 Å². The molecule has 10 amide bonds. The van der Waals surface area contributed by atoms with Crippen LogP contribution in [-0.4, -0.2) is 202 Å². The number of ether oxygens (including phenoxy) is 5. The van der Waals surface area contributed by atoms with Crippen molar-refractivity contribution in [2.75, 3.05) is 38.7 Å². The molecule has 2 fully saturated rings. The lowest BCUT2D eigenvalue weighted by molar-refractivity contribution is -0.149. The molecule has 0 radical (unpaired) electrons. The molecule has 27 nitrogen and oxygen atoms in total. The molecule has 0 bridgehead atoms. The minimum atomic E-state index is -1.67. The smallest absolute Gasteiger partial charge is 0.407 e. The number of benzene rings is 6. The highest BCUT2D eigenvalue weighted by molar-refractivity contribution is 8.00. The molecule has 28 heteroatoms. The van der Waals surface area contributed by atoms with Gasteiger partial charge in [-0.1, -0.05) is 172 Å². The highest BCUT2D eigenvalue weighted by Gasteiger charge is 2.47. The Hall–Kier alpha value is -10.7. The molecule has 9 rings (SSSR count). The average molecular weight is 1680 g/mol. The molecule has 10 N–H and O–H groups in total. The van der Waals surface area contributed by atoms with E-state index in [9.17, 15) is 29.1 Å². The van der Waals surface area contributed by atoms with Gasteiger partial charge in [-0.15, -0.1) is 11.8 Å². The fraction of sp³-hybridized carbons (Fsp3) is 0.495. The third kappa shape index (κ3) is 26.2. The number of aliphatic carboxylic acids is 1. The Morgan fingerprint density at radius 3 is 1.47 bits per heavy atom. The number of carboxylic acid groups (broad SMARTS) is 1. The maximum atomic E-state index is 16.2. The predicted molar refractivity (Wildman–Crippen MR) is 462 cm³/mol. The summed E-state index contributed by atoms with van der Waals surface area (Å²) in [5, 5.41) is 29.8. The van der Waals surface area contributed by atoms with E-state index in [0.29, 0.717) is 30.6 Å². The normalized spacial score (nSPS) is 17.1. The molecular weight excluding hydrogens is 1560 g/mol. The van der Waals surface area contributed by atoms with Crippen LogP contribution in [0.1, 0.15) is 188 Å². The van der Waals surface area contributed by atoms with Gasteiger partial charge in [-0.05, 0) is 185 Å². The molecule has 0 aromatic heterocycles. The number of nitrogens with two attached hydrogens (primary N) is 1. The number of thioether (sulfide) groups is 1. The zero-order valence-electron chi connectivity index (χ0n) is 72.3. The highest BCUT2D eigenvalue weighted by atomic mass is 32.2. The van der Waals surface area contributed by atoms with Crippen LogP contribution < -0.4 is 47.7 Å². The molecule has 1 aliphatic carbocycles. The zero-order chi connectivity index (χ0) is 88.3. The van der Waals surface area contributed by atoms with Gasteiger partial charge in [-0.2, -0.15) is 0 Å². The van der Waals surface area contributed by atoms with Crippen molar-refractivity contribution in [3.8, 4) is 16.9 Å². The molecule has 6 aromatic rings. The maximum absolute atomic E-state index is 16.2. The van der Waals surface area contributed by atoms with E-state index in [1.165, 1.54) is 21.6 Å². The lowest BCUT2D eigenvalue weighted by atomic mass is 9.84. The van der Waals surface area contributed by atoms with E-state index in [1.54, 1.807) is 100 Å². The number of alkyl carbamates (subject to hydrolysis) is 1. The fourth-order valence-corrected chi connectivity index (χ4v) is 16.8. The average Bonchev–Trinajstić information content (AvgIpc) is 1.30. The van der Waals surface area contributed by atoms with Crippen LogP contribution in [-0.2, 0) is 78.1 Å². The number of carbonyl (C=O) groups excluding carboxylic acids is 10. The molecule has 0 unspecified atom stereocenters. The second-order valence-electron chi connectivity index (χ2n) is 35.3. The summed E-state index contributed by atoms with van der Waals surface area (Å²) in [6.45, 7) is 26.1. The summed E-state index contributed by atoms with van der Waals surface area (Å²) in [4.78, 5) is 163. The summed E-state index contributed by atoms with van der Waals surface area (Å²) >= 11 is 1.34. The molecule has 11 atom stereocenters. The van der Waals surface area contributed by atoms with Gasteiger partial charge in [0.05, 0.1) is 40.9 Å². The molecule has 121 heavy (non-hydrogen) atoms. The Balaban J connectivity index is 1.05. The van der Waals surface area contributed by atoms with Crippen LogP contribution in [0.2, 0.25) is 0 Å². The van der Waals surface area contributed by atoms with Crippen molar-refractivity contribution >= 4 is 77.0 Å². The van der Waals surface area contributed by atoms with Gasteiger partial charge in [-0.3, -0.25) is 43.2 Å². The van der Waals surface area contributed by atoms with Crippen LogP contribution in [0.25, 0.3) is 11.1 Å². The van der Waals surface area contributed by atoms with Gasteiger partial charge in [0.15, 0.2) is 0 Å². The standard InChI is InChI=1S/C93H122N10O17S/c1-16-57(2)77(86(112)103-51-31-43-75(103)85(111)102-50-30-42-74(102)83(109)95-69(87(113)114)48-49-76(94)104)100-81(107)71(54-117-89(4,5)6)97-79(105)70(52-59-44-46-63(47-45-59)120-92(13,14)15)96-84(110)78(58(3)119-91(10,11)12)101-82(108)73(56-121-93(60-32-20-17-21-33-60,61-34-22-18-23-35-61)62-36-24-19-25-37-62)98-80(106)72(55-118-90(7,8)9)99-88(115)116-53-68-66-40-28-26-38-64(66)65-39-27-29-41-67(65)68/h17-29,32-41,44-47,57-58,68-75,77-78H,16,30-31,42-43,48-56H2,1-15H3,(H2,94,104)(H,95,109)(H,96,110)(H,97,105)(H,98,106)(H,99,115)(H,100,107)(H,101,108)(H,113,114)/t57-,58+,69-,70-,71-,72-,73-,74-,75-,77-,78-/m0/s1. The van der Waals surface area contributed by atoms with Crippen LogP contribution in [0.5, 0.6) is 5.75 Å². The molecule has 0 saturated carbocycles. The van der Waals surface area contributed by atoms with E-state index in [-0.39, 0.29) is 70.1 Å². The molecule has 0 spiro atoms. The number of carboxylic acids is 1. The van der Waals surface area contributed by atoms with Gasteiger partial charge >= 0.3 is 12.1 Å². The first-order valence-electron chi connectivity index (χ1n) is 41.7. The Labute approximate surface area is 714 Å². The van der Waals surface area contributed by atoms with Crippen LogP contribution in [0, 0.1) is 5.92 Å².